The Hall–Kier alpha value is -2.47. The monoisotopic (exact) mass is 360 g/mol. The zero-order valence-corrected chi connectivity index (χ0v) is 15.2. The van der Waals surface area contributed by atoms with Crippen molar-refractivity contribution in [1.82, 2.24) is 0 Å². The van der Waals surface area contributed by atoms with Crippen LogP contribution in [0.5, 0.6) is 0 Å². The molecule has 2 aromatic carbocycles. The van der Waals surface area contributed by atoms with Crippen molar-refractivity contribution in [1.29, 1.82) is 0 Å². The van der Waals surface area contributed by atoms with Crippen molar-refractivity contribution in [2.75, 3.05) is 6.26 Å². The average molecular weight is 360 g/mol. The van der Waals surface area contributed by atoms with Crippen LogP contribution in [0.4, 0.5) is 0 Å². The predicted octanol–water partition coefficient (Wildman–Crippen LogP) is 3.08. The molecule has 0 aliphatic heterocycles. The van der Waals surface area contributed by atoms with Crippen LogP contribution < -0.4 is 0 Å². The molecular formula is C19H20O5S. The van der Waals surface area contributed by atoms with Crippen LogP contribution >= 0.6 is 0 Å². The summed E-state index contributed by atoms with van der Waals surface area (Å²) in [6, 6.07) is 12.6. The fourth-order valence-electron chi connectivity index (χ4n) is 2.26. The van der Waals surface area contributed by atoms with Gasteiger partial charge in [-0.3, -0.25) is 4.79 Å². The second-order valence-corrected chi connectivity index (χ2v) is 7.77. The van der Waals surface area contributed by atoms with E-state index >= 15 is 0 Å². The lowest BCUT2D eigenvalue weighted by molar-refractivity contribution is 0.0318. The number of carbonyl (C=O) groups is 2. The fraction of sp³-hybridized carbons (Fsp3) is 0.263. The number of hydrogen-bond donors (Lipinski definition) is 0. The molecule has 0 fully saturated rings. The molecule has 6 heteroatoms. The van der Waals surface area contributed by atoms with Gasteiger partial charge in [0.05, 0.1) is 10.5 Å². The summed E-state index contributed by atoms with van der Waals surface area (Å²) in [5.41, 5.74) is 1.78. The maximum absolute atomic E-state index is 12.3. The van der Waals surface area contributed by atoms with E-state index in [4.69, 9.17) is 4.74 Å². The van der Waals surface area contributed by atoms with Gasteiger partial charge in [-0.2, -0.15) is 0 Å². The van der Waals surface area contributed by atoms with Gasteiger partial charge in [0.2, 0.25) is 5.78 Å². The maximum Gasteiger partial charge on any atom is 0.338 e. The van der Waals surface area contributed by atoms with Gasteiger partial charge < -0.3 is 4.74 Å². The largest absolute Gasteiger partial charge is 0.451 e. The Morgan fingerprint density at radius 3 is 1.96 bits per heavy atom. The third kappa shape index (κ3) is 4.76. The van der Waals surface area contributed by atoms with Crippen LogP contribution in [0, 0.1) is 0 Å². The zero-order chi connectivity index (χ0) is 18.6. The lowest BCUT2D eigenvalue weighted by Crippen LogP contribution is -2.24. The van der Waals surface area contributed by atoms with Crippen LogP contribution in [0.15, 0.2) is 53.4 Å². The van der Waals surface area contributed by atoms with Gasteiger partial charge in [-0.15, -0.1) is 0 Å². The van der Waals surface area contributed by atoms with Crippen molar-refractivity contribution < 1.29 is 22.7 Å². The second-order valence-electron chi connectivity index (χ2n) is 5.76. The van der Waals surface area contributed by atoms with Gasteiger partial charge in [-0.1, -0.05) is 31.2 Å². The Morgan fingerprint density at radius 2 is 1.48 bits per heavy atom. The Morgan fingerprint density at radius 1 is 0.960 bits per heavy atom. The summed E-state index contributed by atoms with van der Waals surface area (Å²) in [5, 5.41) is 0. The Balaban J connectivity index is 2.07. The first kappa shape index (κ1) is 18.9. The zero-order valence-electron chi connectivity index (χ0n) is 14.4. The number of hydrogen-bond acceptors (Lipinski definition) is 5. The van der Waals surface area contributed by atoms with Crippen LogP contribution in [0.25, 0.3) is 0 Å². The van der Waals surface area contributed by atoms with Crippen molar-refractivity contribution in [2.45, 2.75) is 31.3 Å². The molecule has 5 nitrogen and oxygen atoms in total. The third-order valence-electron chi connectivity index (χ3n) is 3.82. The molecule has 0 spiro atoms. The summed E-state index contributed by atoms with van der Waals surface area (Å²) in [4.78, 5) is 24.6. The van der Waals surface area contributed by atoms with E-state index in [2.05, 4.69) is 0 Å². The molecule has 0 heterocycles. The van der Waals surface area contributed by atoms with E-state index < -0.39 is 21.9 Å². The molecule has 25 heavy (non-hydrogen) atoms. The molecule has 0 bridgehead atoms. The summed E-state index contributed by atoms with van der Waals surface area (Å²) < 4.78 is 28.0. The molecule has 0 amide bonds. The van der Waals surface area contributed by atoms with Crippen molar-refractivity contribution >= 4 is 21.6 Å². The molecule has 1 unspecified atom stereocenters. The van der Waals surface area contributed by atoms with Gasteiger partial charge in [0, 0.05) is 11.8 Å². The predicted molar refractivity (Wildman–Crippen MR) is 94.6 cm³/mol. The van der Waals surface area contributed by atoms with Crippen molar-refractivity contribution in [3.63, 3.8) is 0 Å². The number of esters is 1. The average Bonchev–Trinajstić information content (AvgIpc) is 2.60. The lowest BCUT2D eigenvalue weighted by atomic mass is 10.0. The first-order chi connectivity index (χ1) is 11.7. The quantitative estimate of drug-likeness (QED) is 0.584. The molecule has 0 aliphatic carbocycles. The van der Waals surface area contributed by atoms with E-state index in [1.54, 1.807) is 12.1 Å². The number of sulfone groups is 1. The number of carbonyl (C=O) groups excluding carboxylic acids is 2. The summed E-state index contributed by atoms with van der Waals surface area (Å²) in [6.07, 6.45) is 1.03. The summed E-state index contributed by atoms with van der Waals surface area (Å²) >= 11 is 0. The van der Waals surface area contributed by atoms with Gasteiger partial charge in [0.1, 0.15) is 0 Å². The second kappa shape index (κ2) is 7.61. The van der Waals surface area contributed by atoms with Crippen LogP contribution in [0.3, 0.4) is 0 Å². The number of aryl methyl sites for hydroxylation is 1. The molecule has 132 valence electrons. The highest BCUT2D eigenvalue weighted by Crippen LogP contribution is 2.14. The minimum Gasteiger partial charge on any atom is -0.451 e. The first-order valence-electron chi connectivity index (χ1n) is 7.86. The Bertz CT molecular complexity index is 865. The Kier molecular flexibility index (Phi) is 5.74. The highest BCUT2D eigenvalue weighted by Gasteiger charge is 2.20. The lowest BCUT2D eigenvalue weighted by Gasteiger charge is -2.13. The van der Waals surface area contributed by atoms with Gasteiger partial charge in [-0.05, 0) is 43.2 Å². The van der Waals surface area contributed by atoms with E-state index in [0.29, 0.717) is 5.56 Å². The van der Waals surface area contributed by atoms with Gasteiger partial charge in [-0.25, -0.2) is 13.2 Å². The summed E-state index contributed by atoms with van der Waals surface area (Å²) in [7, 11) is -3.33. The SMILES string of the molecule is CCc1ccc(C(=O)C(C)OC(=O)c2ccc(S(C)(=O)=O)cc2)cc1. The fourth-order valence-corrected chi connectivity index (χ4v) is 2.89. The molecular weight excluding hydrogens is 340 g/mol. The third-order valence-corrected chi connectivity index (χ3v) is 4.95. The summed E-state index contributed by atoms with van der Waals surface area (Å²) in [5.74, 6) is -0.963. The molecule has 0 aliphatic rings. The van der Waals surface area contributed by atoms with Crippen LogP contribution in [0.1, 0.15) is 40.1 Å². The van der Waals surface area contributed by atoms with Crippen LogP contribution in [-0.2, 0) is 21.0 Å². The number of Topliss-reactive ketones (excluding diaryl/α,β-unsaturated/α-hetero) is 1. The smallest absolute Gasteiger partial charge is 0.338 e. The number of benzene rings is 2. The van der Waals surface area contributed by atoms with E-state index in [-0.39, 0.29) is 16.2 Å². The molecule has 0 aromatic heterocycles. The van der Waals surface area contributed by atoms with Gasteiger partial charge in [0.25, 0.3) is 0 Å². The maximum atomic E-state index is 12.3. The summed E-state index contributed by atoms with van der Waals surface area (Å²) in [6.45, 7) is 3.54. The van der Waals surface area contributed by atoms with Gasteiger partial charge >= 0.3 is 5.97 Å². The van der Waals surface area contributed by atoms with E-state index in [1.807, 2.05) is 19.1 Å². The Labute approximate surface area is 147 Å². The highest BCUT2D eigenvalue weighted by molar-refractivity contribution is 7.90. The minimum absolute atomic E-state index is 0.115. The minimum atomic E-state index is -3.33. The highest BCUT2D eigenvalue weighted by atomic mass is 32.2. The molecule has 2 aromatic rings. The van der Waals surface area contributed by atoms with Crippen molar-refractivity contribution in [3.05, 3.63) is 65.2 Å². The van der Waals surface area contributed by atoms with Crippen LogP contribution in [-0.4, -0.2) is 32.5 Å². The molecule has 0 N–H and O–H groups in total. The van der Waals surface area contributed by atoms with E-state index in [0.717, 1.165) is 18.2 Å². The molecule has 0 saturated carbocycles. The van der Waals surface area contributed by atoms with E-state index in [1.165, 1.54) is 31.2 Å². The topological polar surface area (TPSA) is 77.5 Å². The van der Waals surface area contributed by atoms with Crippen molar-refractivity contribution in [2.24, 2.45) is 0 Å². The molecule has 0 saturated heterocycles. The standard InChI is InChI=1S/C19H20O5S/c1-4-14-5-7-15(8-6-14)18(20)13(2)24-19(21)16-9-11-17(12-10-16)25(3,22)23/h5-13H,4H2,1-3H3. The number of rotatable bonds is 6. The first-order valence-corrected chi connectivity index (χ1v) is 9.75. The van der Waals surface area contributed by atoms with Crippen LogP contribution in [0.2, 0.25) is 0 Å². The van der Waals surface area contributed by atoms with Gasteiger partial charge in [0.15, 0.2) is 15.9 Å². The normalized spacial score (nSPS) is 12.4. The van der Waals surface area contributed by atoms with E-state index in [9.17, 15) is 18.0 Å². The van der Waals surface area contributed by atoms with Crippen molar-refractivity contribution in [3.8, 4) is 0 Å². The number of ketones is 1. The molecule has 0 radical (unpaired) electrons. The number of ether oxygens (including phenoxy) is 1. The molecule has 2 rings (SSSR count). The molecule has 1 atom stereocenters.